The zero-order valence-electron chi connectivity index (χ0n) is 10.6. The van der Waals surface area contributed by atoms with Crippen molar-refractivity contribution in [2.45, 2.75) is 25.2 Å². The number of carboxylic acids is 1. The highest BCUT2D eigenvalue weighted by molar-refractivity contribution is 7.90. The summed E-state index contributed by atoms with van der Waals surface area (Å²) >= 11 is 0. The van der Waals surface area contributed by atoms with Crippen molar-refractivity contribution in [3.63, 3.8) is 0 Å². The molecule has 0 amide bonds. The first-order valence-electron chi connectivity index (χ1n) is 5.48. The average Bonchev–Trinajstić information content (AvgIpc) is 2.25. The zero-order valence-corrected chi connectivity index (χ0v) is 11.4. The topological polar surface area (TPSA) is 80.7 Å². The second kappa shape index (κ2) is 5.39. The lowest BCUT2D eigenvalue weighted by molar-refractivity contribution is 0.0695. The Labute approximate surface area is 106 Å². The smallest absolute Gasteiger partial charge is 0.336 e. The number of hydrogen-bond donors (Lipinski definition) is 1. The van der Waals surface area contributed by atoms with E-state index in [1.165, 1.54) is 12.1 Å². The van der Waals surface area contributed by atoms with E-state index in [1.54, 1.807) is 6.92 Å². The van der Waals surface area contributed by atoms with Crippen LogP contribution in [0.25, 0.3) is 0 Å². The van der Waals surface area contributed by atoms with Crippen LogP contribution < -0.4 is 4.74 Å². The highest BCUT2D eigenvalue weighted by Gasteiger charge is 2.21. The Balaban J connectivity index is 3.46. The summed E-state index contributed by atoms with van der Waals surface area (Å²) in [4.78, 5) is 11.0. The molecule has 0 bridgehead atoms. The van der Waals surface area contributed by atoms with Gasteiger partial charge in [0.05, 0.1) is 12.2 Å². The molecule has 0 atom stereocenters. The van der Waals surface area contributed by atoms with Gasteiger partial charge in [-0.3, -0.25) is 0 Å². The zero-order chi connectivity index (χ0) is 13.9. The maximum atomic E-state index is 11.6. The molecule has 0 saturated heterocycles. The van der Waals surface area contributed by atoms with Crippen molar-refractivity contribution in [1.29, 1.82) is 0 Å². The molecule has 1 aromatic carbocycles. The van der Waals surface area contributed by atoms with Gasteiger partial charge in [-0.15, -0.1) is 0 Å². The first-order valence-corrected chi connectivity index (χ1v) is 7.38. The second-order valence-electron chi connectivity index (χ2n) is 3.99. The monoisotopic (exact) mass is 272 g/mol. The molecule has 1 aromatic rings. The normalized spacial score (nSPS) is 11.3. The summed E-state index contributed by atoms with van der Waals surface area (Å²) in [5, 5.41) is 9.00. The van der Waals surface area contributed by atoms with Gasteiger partial charge in [0.25, 0.3) is 0 Å². The van der Waals surface area contributed by atoms with Gasteiger partial charge in [0.15, 0.2) is 9.84 Å². The molecule has 0 aliphatic carbocycles. The molecule has 0 spiro atoms. The Bertz CT molecular complexity index is 560. The van der Waals surface area contributed by atoms with Crippen LogP contribution in [0, 0.1) is 6.92 Å². The summed E-state index contributed by atoms with van der Waals surface area (Å²) in [5.41, 5.74) is 0.382. The van der Waals surface area contributed by atoms with Crippen LogP contribution in [0.15, 0.2) is 17.0 Å². The second-order valence-corrected chi connectivity index (χ2v) is 5.98. The third kappa shape index (κ3) is 3.01. The number of benzene rings is 1. The van der Waals surface area contributed by atoms with Gasteiger partial charge in [-0.2, -0.15) is 0 Å². The Kier molecular flexibility index (Phi) is 4.34. The molecule has 6 heteroatoms. The number of carbonyl (C=O) groups is 1. The Hall–Kier alpha value is -1.56. The van der Waals surface area contributed by atoms with E-state index in [9.17, 15) is 13.2 Å². The summed E-state index contributed by atoms with van der Waals surface area (Å²) < 4.78 is 28.6. The van der Waals surface area contributed by atoms with Gasteiger partial charge in [-0.05, 0) is 25.5 Å². The van der Waals surface area contributed by atoms with Crippen LogP contribution in [0.4, 0.5) is 0 Å². The van der Waals surface area contributed by atoms with Crippen molar-refractivity contribution in [2.75, 3.05) is 12.9 Å². The molecule has 0 aliphatic rings. The Morgan fingerprint density at radius 2 is 2.00 bits per heavy atom. The van der Waals surface area contributed by atoms with Crippen molar-refractivity contribution >= 4 is 15.8 Å². The third-order valence-electron chi connectivity index (χ3n) is 2.45. The maximum absolute atomic E-state index is 11.6. The maximum Gasteiger partial charge on any atom is 0.336 e. The standard InChI is InChI=1S/C12H16O5S/c1-4-7-17-11-8(2)9(12(13)14)5-6-10(11)18(3,15)16/h5-6H,4,7H2,1-3H3,(H,13,14). The number of rotatable bonds is 5. The van der Waals surface area contributed by atoms with E-state index >= 15 is 0 Å². The molecule has 0 radical (unpaired) electrons. The fourth-order valence-corrected chi connectivity index (χ4v) is 2.44. The Morgan fingerprint density at radius 1 is 1.39 bits per heavy atom. The van der Waals surface area contributed by atoms with E-state index in [2.05, 4.69) is 0 Å². The molecule has 5 nitrogen and oxygen atoms in total. The van der Waals surface area contributed by atoms with Crippen LogP contribution in [-0.2, 0) is 9.84 Å². The molecule has 0 heterocycles. The van der Waals surface area contributed by atoms with Crippen molar-refractivity contribution in [3.05, 3.63) is 23.3 Å². The Morgan fingerprint density at radius 3 is 2.44 bits per heavy atom. The lowest BCUT2D eigenvalue weighted by Crippen LogP contribution is -2.09. The molecular formula is C12H16O5S. The largest absolute Gasteiger partial charge is 0.492 e. The molecular weight excluding hydrogens is 256 g/mol. The molecule has 0 fully saturated rings. The van der Waals surface area contributed by atoms with E-state index in [1.807, 2.05) is 6.92 Å². The molecule has 18 heavy (non-hydrogen) atoms. The van der Waals surface area contributed by atoms with Crippen molar-refractivity contribution in [2.24, 2.45) is 0 Å². The number of aromatic carboxylic acids is 1. The quantitative estimate of drug-likeness (QED) is 0.885. The minimum Gasteiger partial charge on any atom is -0.492 e. The van der Waals surface area contributed by atoms with Gasteiger partial charge in [-0.1, -0.05) is 6.92 Å². The molecule has 100 valence electrons. The van der Waals surface area contributed by atoms with Crippen LogP contribution in [0.2, 0.25) is 0 Å². The van der Waals surface area contributed by atoms with E-state index < -0.39 is 15.8 Å². The van der Waals surface area contributed by atoms with E-state index in [0.717, 1.165) is 6.26 Å². The van der Waals surface area contributed by atoms with E-state index in [0.29, 0.717) is 18.6 Å². The number of hydrogen-bond acceptors (Lipinski definition) is 4. The highest BCUT2D eigenvalue weighted by Crippen LogP contribution is 2.30. The predicted molar refractivity (Wildman–Crippen MR) is 67.0 cm³/mol. The summed E-state index contributed by atoms with van der Waals surface area (Å²) in [5.74, 6) is -0.965. The average molecular weight is 272 g/mol. The van der Waals surface area contributed by atoms with Gasteiger partial charge in [0.2, 0.25) is 0 Å². The fourth-order valence-electron chi connectivity index (χ4n) is 1.57. The van der Waals surface area contributed by atoms with Crippen molar-refractivity contribution in [1.82, 2.24) is 0 Å². The number of ether oxygens (including phenoxy) is 1. The van der Waals surface area contributed by atoms with Crippen molar-refractivity contribution in [3.8, 4) is 5.75 Å². The van der Waals surface area contributed by atoms with Crippen LogP contribution in [-0.4, -0.2) is 32.4 Å². The summed E-state index contributed by atoms with van der Waals surface area (Å²) in [6, 6.07) is 2.56. The van der Waals surface area contributed by atoms with Crippen LogP contribution in [0.1, 0.15) is 29.3 Å². The van der Waals surface area contributed by atoms with E-state index in [4.69, 9.17) is 9.84 Å². The number of sulfone groups is 1. The van der Waals surface area contributed by atoms with Gasteiger partial charge in [-0.25, -0.2) is 13.2 Å². The van der Waals surface area contributed by atoms with Crippen LogP contribution in [0.3, 0.4) is 0 Å². The highest BCUT2D eigenvalue weighted by atomic mass is 32.2. The summed E-state index contributed by atoms with van der Waals surface area (Å²) in [7, 11) is -3.45. The van der Waals surface area contributed by atoms with Gasteiger partial charge >= 0.3 is 5.97 Å². The van der Waals surface area contributed by atoms with Gasteiger partial charge < -0.3 is 9.84 Å². The lowest BCUT2D eigenvalue weighted by Gasteiger charge is -2.14. The molecule has 0 unspecified atom stereocenters. The summed E-state index contributed by atoms with van der Waals surface area (Å²) in [6.07, 6.45) is 1.78. The fraction of sp³-hybridized carbons (Fsp3) is 0.417. The SMILES string of the molecule is CCCOc1c(S(C)(=O)=O)ccc(C(=O)O)c1C. The molecule has 0 saturated carbocycles. The molecule has 0 aliphatic heterocycles. The first kappa shape index (κ1) is 14.5. The molecule has 1 N–H and O–H groups in total. The van der Waals surface area contributed by atoms with Crippen molar-refractivity contribution < 1.29 is 23.1 Å². The third-order valence-corrected chi connectivity index (χ3v) is 3.57. The summed E-state index contributed by atoms with van der Waals surface area (Å²) in [6.45, 7) is 3.77. The van der Waals surface area contributed by atoms with Gasteiger partial charge in [0.1, 0.15) is 10.6 Å². The number of carboxylic acid groups (broad SMARTS) is 1. The molecule has 0 aromatic heterocycles. The minimum atomic E-state index is -3.45. The van der Waals surface area contributed by atoms with Gasteiger partial charge in [0, 0.05) is 11.8 Å². The van der Waals surface area contributed by atoms with E-state index in [-0.39, 0.29) is 16.2 Å². The van der Waals surface area contributed by atoms with Crippen LogP contribution in [0.5, 0.6) is 5.75 Å². The molecule has 1 rings (SSSR count). The first-order chi connectivity index (χ1) is 8.29. The predicted octanol–water partition coefficient (Wildman–Crippen LogP) is 1.89. The van der Waals surface area contributed by atoms with Crippen LogP contribution >= 0.6 is 0 Å². The lowest BCUT2D eigenvalue weighted by atomic mass is 10.1. The minimum absolute atomic E-state index is 0.0263.